The van der Waals surface area contributed by atoms with Gasteiger partial charge in [-0.2, -0.15) is 0 Å². The summed E-state index contributed by atoms with van der Waals surface area (Å²) in [6.45, 7) is 23.5. The molecule has 15 heteroatoms. The van der Waals surface area contributed by atoms with Gasteiger partial charge in [0.2, 0.25) is 0 Å². The molecule has 66 heavy (non-hydrogen) atoms. The number of nitrogens with zero attached hydrogens (tertiary/aromatic N) is 6. The molecule has 6 aromatic rings. The van der Waals surface area contributed by atoms with E-state index in [-0.39, 0.29) is 55.1 Å². The van der Waals surface area contributed by atoms with E-state index < -0.39 is 0 Å². The number of rotatable bonds is 12. The van der Waals surface area contributed by atoms with Gasteiger partial charge in [0, 0.05) is 66.7 Å². The number of piperidine rings is 2. The number of benzene rings is 2. The van der Waals surface area contributed by atoms with Gasteiger partial charge in [-0.3, -0.25) is 9.80 Å². The monoisotopic (exact) mass is 986 g/mol. The lowest BCUT2D eigenvalue weighted by atomic mass is 10.00. The Morgan fingerprint density at radius 2 is 0.955 bits per heavy atom. The number of thiophene rings is 2. The van der Waals surface area contributed by atoms with Gasteiger partial charge in [-0.1, -0.05) is 72.2 Å². The Bertz CT molecular complexity index is 2140. The number of hydrogen-bond donors (Lipinski definition) is 3. The van der Waals surface area contributed by atoms with Gasteiger partial charge in [0.05, 0.1) is 10.8 Å². The molecule has 0 saturated carbocycles. The van der Waals surface area contributed by atoms with E-state index in [2.05, 4.69) is 108 Å². The maximum atomic E-state index is 13.6. The first-order valence-corrected chi connectivity index (χ1v) is 25.0. The number of fused-ring (bicyclic) bond motifs is 2. The summed E-state index contributed by atoms with van der Waals surface area (Å²) in [7, 11) is 0. The van der Waals surface area contributed by atoms with Crippen molar-refractivity contribution in [2.45, 2.75) is 131 Å². The van der Waals surface area contributed by atoms with Crippen LogP contribution in [-0.2, 0) is 12.8 Å². The lowest BCUT2D eigenvalue weighted by Crippen LogP contribution is -2.40. The van der Waals surface area contributed by atoms with E-state index in [4.69, 9.17) is 5.11 Å². The summed E-state index contributed by atoms with van der Waals surface area (Å²) in [6.07, 6.45) is 10.9. The Morgan fingerprint density at radius 3 is 1.27 bits per heavy atom. The van der Waals surface area contributed by atoms with Crippen LogP contribution in [0.3, 0.4) is 0 Å². The number of aliphatic hydroxyl groups is 1. The largest absolute Gasteiger partial charge is 0.397 e. The number of aromatic nitrogens is 4. The van der Waals surface area contributed by atoms with Gasteiger partial charge in [0.15, 0.2) is 0 Å². The van der Waals surface area contributed by atoms with Crippen LogP contribution in [0, 0.1) is 23.5 Å². The molecule has 0 aliphatic carbocycles. The Kier molecular flexibility index (Phi) is 24.7. The minimum Gasteiger partial charge on any atom is -0.397 e. The fourth-order valence-electron chi connectivity index (χ4n) is 8.25. The molecule has 2 unspecified atom stereocenters. The second kappa shape index (κ2) is 28.7. The zero-order valence-corrected chi connectivity index (χ0v) is 43.7. The van der Waals surface area contributed by atoms with Gasteiger partial charge in [-0.05, 0) is 119 Å². The smallest absolute Gasteiger partial charge is 0.138 e. The molecule has 364 valence electrons. The van der Waals surface area contributed by atoms with Crippen molar-refractivity contribution in [3.8, 4) is 0 Å². The lowest BCUT2D eigenvalue weighted by Gasteiger charge is -2.36. The molecule has 3 N–H and O–H groups in total. The highest BCUT2D eigenvalue weighted by Crippen LogP contribution is 2.34. The first kappa shape index (κ1) is 56.8. The van der Waals surface area contributed by atoms with Crippen LogP contribution in [0.2, 0.25) is 0 Å². The predicted octanol–water partition coefficient (Wildman–Crippen LogP) is 13.6. The second-order valence-corrected chi connectivity index (χ2v) is 20.1. The number of nitrogens with one attached hydrogen (secondary N) is 2. The Balaban J connectivity index is 0.000000305. The minimum absolute atomic E-state index is 0. The summed E-state index contributed by atoms with van der Waals surface area (Å²) in [5, 5.41) is 17.2. The van der Waals surface area contributed by atoms with Gasteiger partial charge in [-0.25, -0.2) is 28.7 Å². The molecule has 8 rings (SSSR count). The summed E-state index contributed by atoms with van der Waals surface area (Å²) in [5.74, 6) is 2.86. The van der Waals surface area contributed by atoms with Gasteiger partial charge in [-0.15, -0.1) is 47.5 Å². The average Bonchev–Trinajstić information content (AvgIpc) is 3.88. The van der Waals surface area contributed by atoms with Crippen LogP contribution < -0.4 is 10.6 Å². The molecule has 2 atom stereocenters. The van der Waals surface area contributed by atoms with Crippen molar-refractivity contribution in [1.29, 1.82) is 0 Å². The second-order valence-electron chi connectivity index (χ2n) is 17.9. The molecule has 9 nitrogen and oxygen atoms in total. The van der Waals surface area contributed by atoms with Crippen LogP contribution >= 0.6 is 47.5 Å². The quantitative estimate of drug-likeness (QED) is 0.111. The third-order valence-electron chi connectivity index (χ3n) is 11.5. The molecule has 0 bridgehead atoms. The number of anilines is 2. The molecule has 6 heterocycles. The van der Waals surface area contributed by atoms with Crippen LogP contribution in [0.5, 0.6) is 0 Å². The van der Waals surface area contributed by atoms with Crippen molar-refractivity contribution in [1.82, 2.24) is 29.7 Å². The van der Waals surface area contributed by atoms with E-state index in [0.717, 1.165) is 108 Å². The Morgan fingerprint density at radius 1 is 0.606 bits per heavy atom. The number of likely N-dealkylation sites (tertiary alicyclic amines) is 2. The van der Waals surface area contributed by atoms with E-state index in [1.54, 1.807) is 66.5 Å². The molecule has 2 fully saturated rings. The number of aliphatic hydroxyl groups excluding tert-OH is 1. The standard InChI is InChI=1S/2C23H29FN4S.C3H8.C2H6O.2ClH/c2*1-15(2)11-20-13-21-22(25-14-26-23(21)29-20)27-19-7-9-28(10-8-19)16(3)17-5-4-6-18(24)12-17;1-3-2;1-2-3;;/h2*4-6,12-16,19H,7-11H2,1-3H3,(H,25,26,27);3H2,1-2H3;3H,2H2,1H3;2*1H. The van der Waals surface area contributed by atoms with Crippen LogP contribution in [0.25, 0.3) is 20.4 Å². The van der Waals surface area contributed by atoms with Gasteiger partial charge in [0.25, 0.3) is 0 Å². The van der Waals surface area contributed by atoms with Crippen molar-refractivity contribution in [3.63, 3.8) is 0 Å². The summed E-state index contributed by atoms with van der Waals surface area (Å²) >= 11 is 3.55. The minimum atomic E-state index is -0.161. The van der Waals surface area contributed by atoms with Crippen molar-refractivity contribution < 1.29 is 13.9 Å². The Labute approximate surface area is 413 Å². The zero-order chi connectivity index (χ0) is 46.2. The van der Waals surface area contributed by atoms with Crippen LogP contribution in [-0.4, -0.2) is 79.7 Å². The first-order chi connectivity index (χ1) is 30.8. The molecule has 4 aromatic heterocycles. The topological polar surface area (TPSA) is 102 Å². The molecule has 0 spiro atoms. The van der Waals surface area contributed by atoms with Crippen molar-refractivity contribution in [2.24, 2.45) is 11.8 Å². The number of hydrogen-bond acceptors (Lipinski definition) is 11. The number of halogens is 4. The maximum Gasteiger partial charge on any atom is 0.138 e. The van der Waals surface area contributed by atoms with E-state index in [9.17, 15) is 8.78 Å². The first-order valence-electron chi connectivity index (χ1n) is 23.4. The highest BCUT2D eigenvalue weighted by molar-refractivity contribution is 7.19. The van der Waals surface area contributed by atoms with E-state index >= 15 is 0 Å². The SMILES string of the molecule is CC(C)Cc1cc2c(NC3CCN(C(C)c4cccc(F)c4)CC3)ncnc2s1.CC(C)Cc1cc2c(NC3CCN(C(C)c4cccc(F)c4)CC3)ncnc2s1.CCC.CCO.Cl.Cl. The summed E-state index contributed by atoms with van der Waals surface area (Å²) in [6, 6.07) is 19.7. The summed E-state index contributed by atoms with van der Waals surface area (Å²) < 4.78 is 27.1. The van der Waals surface area contributed by atoms with Crippen LogP contribution in [0.4, 0.5) is 20.4 Å². The molecule has 2 aliphatic heterocycles. The van der Waals surface area contributed by atoms with Gasteiger partial charge >= 0.3 is 0 Å². The van der Waals surface area contributed by atoms with E-state index in [1.165, 1.54) is 28.3 Å². The molecule has 2 aliphatic rings. The Hall–Kier alpha value is -3.56. The lowest BCUT2D eigenvalue weighted by molar-refractivity contribution is 0.167. The van der Waals surface area contributed by atoms with Gasteiger partial charge < -0.3 is 15.7 Å². The zero-order valence-electron chi connectivity index (χ0n) is 40.4. The fraction of sp³-hybridized carbons (Fsp3) is 0.529. The van der Waals surface area contributed by atoms with Crippen molar-refractivity contribution >= 4 is 79.6 Å². The van der Waals surface area contributed by atoms with E-state index in [1.807, 2.05) is 12.1 Å². The highest BCUT2D eigenvalue weighted by atomic mass is 35.5. The van der Waals surface area contributed by atoms with Crippen molar-refractivity contribution in [3.05, 3.63) is 106 Å². The maximum absolute atomic E-state index is 13.6. The molecule has 0 radical (unpaired) electrons. The summed E-state index contributed by atoms with van der Waals surface area (Å²) in [5.41, 5.74) is 2.09. The van der Waals surface area contributed by atoms with E-state index in [0.29, 0.717) is 23.9 Å². The molecule has 0 amide bonds. The van der Waals surface area contributed by atoms with Crippen molar-refractivity contribution in [2.75, 3.05) is 43.4 Å². The summed E-state index contributed by atoms with van der Waals surface area (Å²) in [4.78, 5) is 27.8. The normalized spacial score (nSPS) is 15.6. The predicted molar refractivity (Wildman–Crippen MR) is 281 cm³/mol. The molecular formula is C51H74Cl2F2N8OS2. The van der Waals surface area contributed by atoms with Crippen LogP contribution in [0.1, 0.15) is 127 Å². The third kappa shape index (κ3) is 16.9. The van der Waals surface area contributed by atoms with Gasteiger partial charge in [0.1, 0.15) is 45.6 Å². The fourth-order valence-corrected chi connectivity index (χ4v) is 10.7. The molecule has 2 aromatic carbocycles. The highest BCUT2D eigenvalue weighted by Gasteiger charge is 2.26. The average molecular weight is 988 g/mol. The van der Waals surface area contributed by atoms with Crippen LogP contribution in [0.15, 0.2) is 73.3 Å². The molecular weight excluding hydrogens is 914 g/mol. The third-order valence-corrected chi connectivity index (χ3v) is 13.6. The molecule has 2 saturated heterocycles.